The van der Waals surface area contributed by atoms with Crippen LogP contribution in [-0.4, -0.2) is 5.91 Å². The maximum absolute atomic E-state index is 12.0. The minimum Gasteiger partial charge on any atom is -0.325 e. The summed E-state index contributed by atoms with van der Waals surface area (Å²) in [6.45, 7) is 4.19. The number of carbonyl (C=O) groups excluding carboxylic acids is 1. The van der Waals surface area contributed by atoms with Crippen molar-refractivity contribution in [1.82, 2.24) is 0 Å². The maximum Gasteiger partial charge on any atom is 0.227 e. The number of halogens is 1. The van der Waals surface area contributed by atoms with Gasteiger partial charge >= 0.3 is 0 Å². The van der Waals surface area contributed by atoms with Gasteiger partial charge in [-0.3, -0.25) is 4.79 Å². The highest BCUT2D eigenvalue weighted by molar-refractivity contribution is 6.33. The van der Waals surface area contributed by atoms with E-state index in [0.29, 0.717) is 10.7 Å². The van der Waals surface area contributed by atoms with Crippen LogP contribution in [-0.2, 0) is 4.79 Å². The second-order valence-corrected chi connectivity index (χ2v) is 4.62. The number of rotatable bonds is 6. The summed E-state index contributed by atoms with van der Waals surface area (Å²) in [6.07, 6.45) is 4.03. The van der Waals surface area contributed by atoms with E-state index in [-0.39, 0.29) is 11.8 Å². The molecule has 1 aromatic rings. The molecule has 1 aromatic carbocycles. The smallest absolute Gasteiger partial charge is 0.227 e. The summed E-state index contributed by atoms with van der Waals surface area (Å²) in [7, 11) is 0. The van der Waals surface area contributed by atoms with Gasteiger partial charge in [0.15, 0.2) is 0 Å². The number of nitrogens with one attached hydrogen (secondary N) is 1. The molecule has 0 heterocycles. The molecule has 1 atom stereocenters. The molecule has 94 valence electrons. The van der Waals surface area contributed by atoms with E-state index in [2.05, 4.69) is 12.2 Å². The normalized spacial score (nSPS) is 12.2. The number of para-hydroxylation sites is 1. The molecule has 0 aromatic heterocycles. The van der Waals surface area contributed by atoms with Crippen LogP contribution in [0.4, 0.5) is 5.69 Å². The molecule has 0 saturated heterocycles. The largest absolute Gasteiger partial charge is 0.325 e. The van der Waals surface area contributed by atoms with Crippen LogP contribution in [0.2, 0.25) is 5.02 Å². The van der Waals surface area contributed by atoms with E-state index in [1.54, 1.807) is 6.07 Å². The van der Waals surface area contributed by atoms with Crippen LogP contribution in [0.3, 0.4) is 0 Å². The third kappa shape index (κ3) is 4.39. The lowest BCUT2D eigenvalue weighted by Crippen LogP contribution is -2.22. The van der Waals surface area contributed by atoms with Gasteiger partial charge in [-0.1, -0.05) is 50.4 Å². The molecule has 0 aliphatic rings. The molecule has 3 heteroatoms. The molecule has 0 bridgehead atoms. The van der Waals surface area contributed by atoms with E-state index in [4.69, 9.17) is 11.6 Å². The average molecular weight is 254 g/mol. The third-order valence-electron chi connectivity index (χ3n) is 2.90. The van der Waals surface area contributed by atoms with Crippen molar-refractivity contribution in [3.63, 3.8) is 0 Å². The molecule has 1 amide bonds. The van der Waals surface area contributed by atoms with Crippen molar-refractivity contribution in [2.24, 2.45) is 5.92 Å². The summed E-state index contributed by atoms with van der Waals surface area (Å²) < 4.78 is 0. The van der Waals surface area contributed by atoms with Gasteiger partial charge in [0, 0.05) is 5.92 Å². The first kappa shape index (κ1) is 14.0. The predicted molar refractivity (Wildman–Crippen MR) is 73.4 cm³/mol. The van der Waals surface area contributed by atoms with E-state index in [1.165, 1.54) is 0 Å². The van der Waals surface area contributed by atoms with Crippen molar-refractivity contribution in [2.75, 3.05) is 5.32 Å². The van der Waals surface area contributed by atoms with E-state index >= 15 is 0 Å². The van der Waals surface area contributed by atoms with Gasteiger partial charge in [-0.05, 0) is 25.0 Å². The summed E-state index contributed by atoms with van der Waals surface area (Å²) in [5.41, 5.74) is 0.703. The molecular weight excluding hydrogens is 234 g/mol. The van der Waals surface area contributed by atoms with Gasteiger partial charge in [0.2, 0.25) is 5.91 Å². The molecule has 1 unspecified atom stereocenters. The molecule has 1 rings (SSSR count). The summed E-state index contributed by atoms with van der Waals surface area (Å²) in [4.78, 5) is 12.0. The van der Waals surface area contributed by atoms with Crippen LogP contribution in [0.1, 0.15) is 39.5 Å². The van der Waals surface area contributed by atoms with Crippen LogP contribution in [0.25, 0.3) is 0 Å². The zero-order valence-corrected chi connectivity index (χ0v) is 11.3. The molecule has 1 N–H and O–H groups in total. The first-order chi connectivity index (χ1) is 8.19. The van der Waals surface area contributed by atoms with Gasteiger partial charge in [0.25, 0.3) is 0 Å². The minimum atomic E-state index is 0.0778. The Morgan fingerprint density at radius 2 is 2.06 bits per heavy atom. The van der Waals surface area contributed by atoms with E-state index in [9.17, 15) is 4.79 Å². The van der Waals surface area contributed by atoms with Gasteiger partial charge in [-0.2, -0.15) is 0 Å². The standard InChI is InChI=1S/C14H20ClNO/c1-3-5-8-11(4-2)14(17)16-13-10-7-6-9-12(13)15/h6-7,9-11H,3-5,8H2,1-2H3,(H,16,17). The molecule has 17 heavy (non-hydrogen) atoms. The lowest BCUT2D eigenvalue weighted by atomic mass is 9.98. The number of amides is 1. The second-order valence-electron chi connectivity index (χ2n) is 4.22. The Morgan fingerprint density at radius 1 is 1.35 bits per heavy atom. The second kappa shape index (κ2) is 7.33. The van der Waals surface area contributed by atoms with Crippen molar-refractivity contribution >= 4 is 23.2 Å². The molecule has 2 nitrogen and oxygen atoms in total. The fraction of sp³-hybridized carbons (Fsp3) is 0.500. The molecule has 0 aliphatic carbocycles. The summed E-state index contributed by atoms with van der Waals surface area (Å²) in [5.74, 6) is 0.167. The zero-order valence-electron chi connectivity index (χ0n) is 10.5. The maximum atomic E-state index is 12.0. The number of anilines is 1. The van der Waals surface area contributed by atoms with Gasteiger partial charge in [0.05, 0.1) is 10.7 Å². The number of unbranched alkanes of at least 4 members (excludes halogenated alkanes) is 1. The topological polar surface area (TPSA) is 29.1 Å². The Bertz CT molecular complexity index is 365. The average Bonchev–Trinajstić information content (AvgIpc) is 2.33. The van der Waals surface area contributed by atoms with Crippen LogP contribution < -0.4 is 5.32 Å². The SMILES string of the molecule is CCCCC(CC)C(=O)Nc1ccccc1Cl. The van der Waals surface area contributed by atoms with Gasteiger partial charge < -0.3 is 5.32 Å². The lowest BCUT2D eigenvalue weighted by molar-refractivity contribution is -0.120. The van der Waals surface area contributed by atoms with Gasteiger partial charge in [0.1, 0.15) is 0 Å². The molecule has 0 aliphatic heterocycles. The highest BCUT2D eigenvalue weighted by Gasteiger charge is 2.16. The van der Waals surface area contributed by atoms with Crippen molar-refractivity contribution in [1.29, 1.82) is 0 Å². The first-order valence-corrected chi connectivity index (χ1v) is 6.62. The fourth-order valence-corrected chi connectivity index (χ4v) is 1.95. The summed E-state index contributed by atoms with van der Waals surface area (Å²) in [6, 6.07) is 7.33. The number of hydrogen-bond acceptors (Lipinski definition) is 1. The monoisotopic (exact) mass is 253 g/mol. The lowest BCUT2D eigenvalue weighted by Gasteiger charge is -2.15. The van der Waals surface area contributed by atoms with Crippen LogP contribution in [0.15, 0.2) is 24.3 Å². The molecule has 0 radical (unpaired) electrons. The van der Waals surface area contributed by atoms with E-state index < -0.39 is 0 Å². The first-order valence-electron chi connectivity index (χ1n) is 6.24. The Hall–Kier alpha value is -1.02. The Kier molecular flexibility index (Phi) is 6.06. The van der Waals surface area contributed by atoms with Gasteiger partial charge in [-0.15, -0.1) is 0 Å². The fourth-order valence-electron chi connectivity index (χ4n) is 1.77. The quantitative estimate of drug-likeness (QED) is 0.795. The number of benzene rings is 1. The Labute approximate surface area is 108 Å². The third-order valence-corrected chi connectivity index (χ3v) is 3.23. The van der Waals surface area contributed by atoms with Crippen molar-refractivity contribution < 1.29 is 4.79 Å². The number of carbonyl (C=O) groups is 1. The highest BCUT2D eigenvalue weighted by atomic mass is 35.5. The Balaban J connectivity index is 2.61. The summed E-state index contributed by atoms with van der Waals surface area (Å²) >= 11 is 6.01. The predicted octanol–water partition coefficient (Wildman–Crippen LogP) is 4.49. The van der Waals surface area contributed by atoms with E-state index in [0.717, 1.165) is 25.7 Å². The Morgan fingerprint density at radius 3 is 2.65 bits per heavy atom. The minimum absolute atomic E-state index is 0.0778. The molecular formula is C14H20ClNO. The van der Waals surface area contributed by atoms with Crippen LogP contribution >= 0.6 is 11.6 Å². The van der Waals surface area contributed by atoms with Crippen molar-refractivity contribution in [2.45, 2.75) is 39.5 Å². The van der Waals surface area contributed by atoms with Crippen LogP contribution in [0.5, 0.6) is 0 Å². The molecule has 0 saturated carbocycles. The molecule has 0 fully saturated rings. The van der Waals surface area contributed by atoms with Gasteiger partial charge in [-0.25, -0.2) is 0 Å². The van der Waals surface area contributed by atoms with Crippen molar-refractivity contribution in [3.8, 4) is 0 Å². The van der Waals surface area contributed by atoms with Crippen LogP contribution in [0, 0.1) is 5.92 Å². The molecule has 0 spiro atoms. The zero-order chi connectivity index (χ0) is 12.7. The highest BCUT2D eigenvalue weighted by Crippen LogP contribution is 2.22. The van der Waals surface area contributed by atoms with Crippen molar-refractivity contribution in [3.05, 3.63) is 29.3 Å². The van der Waals surface area contributed by atoms with E-state index in [1.807, 2.05) is 25.1 Å². The number of hydrogen-bond donors (Lipinski definition) is 1. The summed E-state index contributed by atoms with van der Waals surface area (Å²) in [5, 5.41) is 3.49.